The quantitative estimate of drug-likeness (QED) is 0.809. The normalized spacial score (nSPS) is 18.4. The Balaban J connectivity index is 2.18. The number of halogens is 1. The summed E-state index contributed by atoms with van der Waals surface area (Å²) < 4.78 is 0.773. The summed E-state index contributed by atoms with van der Waals surface area (Å²) in [6.45, 7) is 2.17. The molecule has 1 saturated heterocycles. The molecule has 0 atom stereocenters. The molecule has 0 unspecified atom stereocenters. The van der Waals surface area contributed by atoms with E-state index in [2.05, 4.69) is 27.3 Å². The fourth-order valence-corrected chi connectivity index (χ4v) is 2.19. The van der Waals surface area contributed by atoms with Gasteiger partial charge < -0.3 is 10.4 Å². The molecule has 2 rings (SSSR count). The van der Waals surface area contributed by atoms with Crippen molar-refractivity contribution in [3.8, 4) is 5.75 Å². The van der Waals surface area contributed by atoms with Crippen molar-refractivity contribution in [2.75, 3.05) is 13.1 Å². The molecule has 1 aromatic carbocycles. The zero-order valence-corrected chi connectivity index (χ0v) is 9.55. The molecule has 1 aliphatic rings. The Hall–Kier alpha value is -0.540. The fourth-order valence-electron chi connectivity index (χ4n) is 1.94. The van der Waals surface area contributed by atoms with Crippen LogP contribution in [0.2, 0.25) is 0 Å². The Labute approximate surface area is 92.5 Å². The number of hydrogen-bond donors (Lipinski definition) is 2. The molecule has 1 aliphatic heterocycles. The summed E-state index contributed by atoms with van der Waals surface area (Å²) >= 11 is 3.29. The average molecular weight is 256 g/mol. The first-order valence-electron chi connectivity index (χ1n) is 4.96. The lowest BCUT2D eigenvalue weighted by Crippen LogP contribution is -2.26. The lowest BCUT2D eigenvalue weighted by atomic mass is 9.90. The summed E-state index contributed by atoms with van der Waals surface area (Å²) in [5.41, 5.74) is 1.26. The predicted octanol–water partition coefficient (Wildman–Crippen LogP) is 2.62. The second kappa shape index (κ2) is 4.32. The molecule has 0 bridgehead atoms. The maximum absolute atomic E-state index is 9.57. The third-order valence-electron chi connectivity index (χ3n) is 2.78. The van der Waals surface area contributed by atoms with Gasteiger partial charge in [-0.05, 0) is 65.5 Å². The molecular formula is C11H14BrNO. The van der Waals surface area contributed by atoms with Crippen molar-refractivity contribution < 1.29 is 5.11 Å². The predicted molar refractivity (Wildman–Crippen MR) is 60.7 cm³/mol. The van der Waals surface area contributed by atoms with Crippen LogP contribution in [0, 0.1) is 0 Å². The smallest absolute Gasteiger partial charge is 0.130 e. The Kier molecular flexibility index (Phi) is 3.08. The van der Waals surface area contributed by atoms with Crippen LogP contribution in [0.1, 0.15) is 24.3 Å². The van der Waals surface area contributed by atoms with E-state index >= 15 is 0 Å². The summed E-state index contributed by atoms with van der Waals surface area (Å²) in [5.74, 6) is 0.955. The third kappa shape index (κ3) is 2.10. The summed E-state index contributed by atoms with van der Waals surface area (Å²) in [5, 5.41) is 12.9. The Bertz CT molecular complexity index is 321. The Morgan fingerprint density at radius 3 is 2.64 bits per heavy atom. The highest BCUT2D eigenvalue weighted by atomic mass is 79.9. The van der Waals surface area contributed by atoms with Gasteiger partial charge in [0.05, 0.1) is 4.47 Å². The minimum atomic E-state index is 0.348. The van der Waals surface area contributed by atoms with Gasteiger partial charge in [0.25, 0.3) is 0 Å². The first-order valence-corrected chi connectivity index (χ1v) is 5.76. The van der Waals surface area contributed by atoms with E-state index in [1.54, 1.807) is 0 Å². The van der Waals surface area contributed by atoms with Gasteiger partial charge >= 0.3 is 0 Å². The van der Waals surface area contributed by atoms with Crippen molar-refractivity contribution in [2.24, 2.45) is 0 Å². The van der Waals surface area contributed by atoms with E-state index in [1.807, 2.05) is 12.1 Å². The summed E-state index contributed by atoms with van der Waals surface area (Å²) in [7, 11) is 0. The van der Waals surface area contributed by atoms with Gasteiger partial charge in [-0.2, -0.15) is 0 Å². The topological polar surface area (TPSA) is 32.3 Å². The van der Waals surface area contributed by atoms with Crippen molar-refractivity contribution in [1.82, 2.24) is 5.32 Å². The van der Waals surface area contributed by atoms with Crippen LogP contribution in [0.25, 0.3) is 0 Å². The number of aromatic hydroxyl groups is 1. The largest absolute Gasteiger partial charge is 0.507 e. The van der Waals surface area contributed by atoms with E-state index in [4.69, 9.17) is 0 Å². The average Bonchev–Trinajstić information content (AvgIpc) is 2.23. The molecule has 0 saturated carbocycles. The molecule has 0 amide bonds. The first kappa shape index (κ1) is 9.99. The molecule has 1 heterocycles. The van der Waals surface area contributed by atoms with Crippen LogP contribution in [0.4, 0.5) is 0 Å². The van der Waals surface area contributed by atoms with Crippen molar-refractivity contribution in [1.29, 1.82) is 0 Å². The number of nitrogens with one attached hydrogen (secondary N) is 1. The lowest BCUT2D eigenvalue weighted by Gasteiger charge is -2.23. The number of rotatable bonds is 1. The van der Waals surface area contributed by atoms with Gasteiger partial charge in [-0.1, -0.05) is 6.07 Å². The van der Waals surface area contributed by atoms with Crippen molar-refractivity contribution >= 4 is 15.9 Å². The number of phenols is 1. The maximum Gasteiger partial charge on any atom is 0.130 e. The number of benzene rings is 1. The van der Waals surface area contributed by atoms with Crippen LogP contribution in [0.3, 0.4) is 0 Å². The van der Waals surface area contributed by atoms with Crippen LogP contribution in [0.15, 0.2) is 22.7 Å². The van der Waals surface area contributed by atoms with Gasteiger partial charge in [0, 0.05) is 0 Å². The van der Waals surface area contributed by atoms with Gasteiger partial charge in [-0.25, -0.2) is 0 Å². The number of phenolic OH excluding ortho intramolecular Hbond substituents is 1. The summed E-state index contributed by atoms with van der Waals surface area (Å²) in [6.07, 6.45) is 2.34. The second-order valence-corrected chi connectivity index (χ2v) is 4.59. The molecule has 0 aliphatic carbocycles. The second-order valence-electron chi connectivity index (χ2n) is 3.74. The number of piperidine rings is 1. The molecule has 0 aromatic heterocycles. The molecule has 0 radical (unpaired) electrons. The van der Waals surface area contributed by atoms with E-state index < -0.39 is 0 Å². The van der Waals surface area contributed by atoms with Crippen molar-refractivity contribution in [3.63, 3.8) is 0 Å². The molecule has 3 heteroatoms. The lowest BCUT2D eigenvalue weighted by molar-refractivity contribution is 0.450. The SMILES string of the molecule is Oc1cc(C2CCNCC2)ccc1Br. The van der Waals surface area contributed by atoms with Gasteiger partial charge in [0.1, 0.15) is 5.75 Å². The van der Waals surface area contributed by atoms with Gasteiger partial charge in [-0.15, -0.1) is 0 Å². The fraction of sp³-hybridized carbons (Fsp3) is 0.455. The molecule has 1 aromatic rings. The summed E-state index contributed by atoms with van der Waals surface area (Å²) in [6, 6.07) is 5.90. The van der Waals surface area contributed by atoms with E-state index in [9.17, 15) is 5.11 Å². The third-order valence-corrected chi connectivity index (χ3v) is 3.45. The zero-order chi connectivity index (χ0) is 9.97. The minimum Gasteiger partial charge on any atom is -0.507 e. The molecule has 2 nitrogen and oxygen atoms in total. The number of hydrogen-bond acceptors (Lipinski definition) is 2. The van der Waals surface area contributed by atoms with Crippen molar-refractivity contribution in [2.45, 2.75) is 18.8 Å². The van der Waals surface area contributed by atoms with Gasteiger partial charge in [0.2, 0.25) is 0 Å². The van der Waals surface area contributed by atoms with Crippen LogP contribution in [0.5, 0.6) is 5.75 Å². The molecule has 1 fully saturated rings. The van der Waals surface area contributed by atoms with E-state index in [1.165, 1.54) is 18.4 Å². The zero-order valence-electron chi connectivity index (χ0n) is 7.96. The van der Waals surface area contributed by atoms with Crippen LogP contribution in [-0.4, -0.2) is 18.2 Å². The maximum atomic E-state index is 9.57. The summed E-state index contributed by atoms with van der Waals surface area (Å²) in [4.78, 5) is 0. The van der Waals surface area contributed by atoms with Gasteiger partial charge in [-0.3, -0.25) is 0 Å². The van der Waals surface area contributed by atoms with Crippen LogP contribution in [-0.2, 0) is 0 Å². The molecule has 2 N–H and O–H groups in total. The van der Waals surface area contributed by atoms with E-state index in [-0.39, 0.29) is 0 Å². The van der Waals surface area contributed by atoms with E-state index in [0.29, 0.717) is 11.7 Å². The highest BCUT2D eigenvalue weighted by Crippen LogP contribution is 2.31. The Morgan fingerprint density at radius 1 is 1.29 bits per heavy atom. The van der Waals surface area contributed by atoms with E-state index in [0.717, 1.165) is 17.6 Å². The van der Waals surface area contributed by atoms with Gasteiger partial charge in [0.15, 0.2) is 0 Å². The standard InChI is InChI=1S/C11H14BrNO/c12-10-2-1-9(7-11(10)14)8-3-5-13-6-4-8/h1-2,7-8,13-14H,3-6H2. The molecular weight excluding hydrogens is 242 g/mol. The minimum absolute atomic E-state index is 0.348. The molecule has 0 spiro atoms. The first-order chi connectivity index (χ1) is 6.77. The highest BCUT2D eigenvalue weighted by Gasteiger charge is 2.15. The molecule has 14 heavy (non-hydrogen) atoms. The monoisotopic (exact) mass is 255 g/mol. The van der Waals surface area contributed by atoms with Crippen LogP contribution >= 0.6 is 15.9 Å². The van der Waals surface area contributed by atoms with Crippen molar-refractivity contribution in [3.05, 3.63) is 28.2 Å². The molecule has 76 valence electrons. The Morgan fingerprint density at radius 2 is 2.00 bits per heavy atom. The van der Waals surface area contributed by atoms with Crippen LogP contribution < -0.4 is 5.32 Å². The highest BCUT2D eigenvalue weighted by molar-refractivity contribution is 9.10.